The van der Waals surface area contributed by atoms with Crippen molar-refractivity contribution in [1.29, 1.82) is 0 Å². The van der Waals surface area contributed by atoms with Crippen LogP contribution in [0.3, 0.4) is 0 Å². The molecule has 2 rings (SSSR count). The van der Waals surface area contributed by atoms with Gasteiger partial charge in [0.25, 0.3) is 0 Å². The van der Waals surface area contributed by atoms with Crippen LogP contribution in [-0.4, -0.2) is 46.1 Å². The van der Waals surface area contributed by atoms with Gasteiger partial charge in [0.15, 0.2) is 0 Å². The van der Waals surface area contributed by atoms with Gasteiger partial charge in [-0.3, -0.25) is 9.79 Å². The molecule has 1 aromatic carbocycles. The van der Waals surface area contributed by atoms with Crippen molar-refractivity contribution in [1.82, 2.24) is 9.62 Å². The van der Waals surface area contributed by atoms with Crippen molar-refractivity contribution >= 4 is 45.7 Å². The number of nitrogens with zero attached hydrogens (tertiary/aromatic N) is 2. The first-order valence-electron chi connectivity index (χ1n) is 9.60. The highest BCUT2D eigenvalue weighted by Crippen LogP contribution is 2.23. The minimum atomic E-state index is -3.90. The summed E-state index contributed by atoms with van der Waals surface area (Å²) in [6.45, 7) is 9.34. The number of allylic oxidation sites excluding steroid dienone is 1. The number of methoxy groups -OCH3 is 1. The van der Waals surface area contributed by atoms with Gasteiger partial charge in [0.05, 0.1) is 37.3 Å². The van der Waals surface area contributed by atoms with Crippen molar-refractivity contribution in [2.45, 2.75) is 24.8 Å². The number of hydrogen-bond donors (Lipinski definition) is 1. The van der Waals surface area contributed by atoms with Crippen LogP contribution in [0.25, 0.3) is 6.08 Å². The molecule has 0 aliphatic carbocycles. The predicted octanol–water partition coefficient (Wildman–Crippen LogP) is 3.97. The lowest BCUT2D eigenvalue weighted by atomic mass is 10.2. The fourth-order valence-electron chi connectivity index (χ4n) is 2.81. The Labute approximate surface area is 187 Å². The molecule has 166 valence electrons. The largest absolute Gasteiger partial charge is 0.500 e. The Bertz CT molecular complexity index is 1040. The standard InChI is InChI=1S/C22H27N3O4S2/c1-5-8-18(29-4)15-25(16-19-9-7-12-30-19)22(26)14-24-31(27,28)20-10-11-21(23-3)17(6-2)13-20/h6-13,24H,2-3,5,14-16H2,1,4H3/b18-8-. The van der Waals surface area contributed by atoms with Gasteiger partial charge >= 0.3 is 0 Å². The van der Waals surface area contributed by atoms with Gasteiger partial charge < -0.3 is 9.64 Å². The van der Waals surface area contributed by atoms with Crippen molar-refractivity contribution in [2.24, 2.45) is 4.99 Å². The van der Waals surface area contributed by atoms with Crippen molar-refractivity contribution in [3.63, 3.8) is 0 Å². The van der Waals surface area contributed by atoms with Gasteiger partial charge in [-0.2, -0.15) is 0 Å². The maximum absolute atomic E-state index is 12.9. The van der Waals surface area contributed by atoms with E-state index in [9.17, 15) is 13.2 Å². The minimum absolute atomic E-state index is 0.0240. The highest BCUT2D eigenvalue weighted by molar-refractivity contribution is 7.89. The molecule has 0 aliphatic rings. The Morgan fingerprint density at radius 3 is 2.71 bits per heavy atom. The van der Waals surface area contributed by atoms with E-state index < -0.39 is 10.0 Å². The van der Waals surface area contributed by atoms with Gasteiger partial charge in [-0.1, -0.05) is 25.6 Å². The molecule has 2 aromatic rings. The normalized spacial score (nSPS) is 11.7. The first kappa shape index (κ1) is 24.5. The molecule has 1 amide bonds. The third-order valence-electron chi connectivity index (χ3n) is 4.43. The summed E-state index contributed by atoms with van der Waals surface area (Å²) in [5.41, 5.74) is 1.07. The molecule has 0 spiro atoms. The minimum Gasteiger partial charge on any atom is -0.500 e. The topological polar surface area (TPSA) is 88.1 Å². The van der Waals surface area contributed by atoms with E-state index >= 15 is 0 Å². The Kier molecular flexibility index (Phi) is 9.17. The molecular weight excluding hydrogens is 434 g/mol. The molecule has 0 atom stereocenters. The predicted molar refractivity (Wildman–Crippen MR) is 126 cm³/mol. The van der Waals surface area contributed by atoms with E-state index in [0.29, 0.717) is 23.6 Å². The zero-order chi connectivity index (χ0) is 22.9. The molecule has 9 heteroatoms. The summed E-state index contributed by atoms with van der Waals surface area (Å²) >= 11 is 1.53. The lowest BCUT2D eigenvalue weighted by Crippen LogP contribution is -2.40. The van der Waals surface area contributed by atoms with Crippen LogP contribution in [-0.2, 0) is 26.1 Å². The van der Waals surface area contributed by atoms with E-state index in [1.54, 1.807) is 18.1 Å². The van der Waals surface area contributed by atoms with Gasteiger partial charge in [-0.15, -0.1) is 11.3 Å². The highest BCUT2D eigenvalue weighted by Gasteiger charge is 2.21. The molecule has 0 saturated carbocycles. The molecule has 1 heterocycles. The third-order valence-corrected chi connectivity index (χ3v) is 6.69. The van der Waals surface area contributed by atoms with E-state index in [-0.39, 0.29) is 23.9 Å². The molecule has 0 aliphatic heterocycles. The van der Waals surface area contributed by atoms with E-state index in [1.165, 1.54) is 29.5 Å². The summed E-state index contributed by atoms with van der Waals surface area (Å²) < 4.78 is 33.2. The Hall–Kier alpha value is -2.75. The smallest absolute Gasteiger partial charge is 0.241 e. The number of rotatable bonds is 12. The molecule has 1 N–H and O–H groups in total. The maximum Gasteiger partial charge on any atom is 0.241 e. The van der Waals surface area contributed by atoms with Crippen LogP contribution >= 0.6 is 11.3 Å². The zero-order valence-corrected chi connectivity index (χ0v) is 19.3. The number of sulfonamides is 1. The molecule has 0 radical (unpaired) electrons. The molecule has 0 bridgehead atoms. The van der Waals surface area contributed by atoms with Gasteiger partial charge in [0.1, 0.15) is 5.76 Å². The summed E-state index contributed by atoms with van der Waals surface area (Å²) in [7, 11) is -2.35. The van der Waals surface area contributed by atoms with Crippen molar-refractivity contribution in [2.75, 3.05) is 20.2 Å². The Balaban J connectivity index is 2.17. The Morgan fingerprint density at radius 1 is 1.35 bits per heavy atom. The van der Waals surface area contributed by atoms with E-state index in [4.69, 9.17) is 4.74 Å². The SMILES string of the molecule is C=Cc1cc(S(=O)(=O)NCC(=O)N(C/C(=C/CC)OC)Cc2cccs2)ccc1N=C. The van der Waals surface area contributed by atoms with E-state index in [1.807, 2.05) is 30.5 Å². The summed E-state index contributed by atoms with van der Waals surface area (Å²) in [5.74, 6) is 0.294. The van der Waals surface area contributed by atoms with Crippen molar-refractivity contribution < 1.29 is 17.9 Å². The summed E-state index contributed by atoms with van der Waals surface area (Å²) in [5, 5.41) is 1.93. The highest BCUT2D eigenvalue weighted by atomic mass is 32.2. The summed E-state index contributed by atoms with van der Waals surface area (Å²) in [4.78, 5) is 19.3. The number of benzene rings is 1. The molecule has 0 unspecified atom stereocenters. The molecule has 1 aromatic heterocycles. The maximum atomic E-state index is 12.9. The number of aliphatic imine (C=N–C) groups is 1. The van der Waals surface area contributed by atoms with Crippen LogP contribution in [0.15, 0.2) is 64.0 Å². The number of hydrogen-bond acceptors (Lipinski definition) is 6. The summed E-state index contributed by atoms with van der Waals surface area (Å²) in [6.07, 6.45) is 4.16. The van der Waals surface area contributed by atoms with Gasteiger partial charge in [0.2, 0.25) is 15.9 Å². The molecule has 7 nitrogen and oxygen atoms in total. The monoisotopic (exact) mass is 461 g/mol. The fraction of sp³-hybridized carbons (Fsp3) is 0.273. The average Bonchev–Trinajstić information content (AvgIpc) is 3.29. The summed E-state index contributed by atoms with van der Waals surface area (Å²) in [6, 6.07) is 8.24. The molecule has 0 saturated heterocycles. The van der Waals surface area contributed by atoms with Crippen LogP contribution in [0, 0.1) is 0 Å². The van der Waals surface area contributed by atoms with Crippen LogP contribution in [0.1, 0.15) is 23.8 Å². The first-order chi connectivity index (χ1) is 14.8. The number of carbonyl (C=O) groups excluding carboxylic acids is 1. The fourth-order valence-corrected chi connectivity index (χ4v) is 4.54. The lowest BCUT2D eigenvalue weighted by molar-refractivity contribution is -0.130. The zero-order valence-electron chi connectivity index (χ0n) is 17.7. The van der Waals surface area contributed by atoms with Crippen LogP contribution in [0.4, 0.5) is 5.69 Å². The second-order valence-electron chi connectivity index (χ2n) is 6.52. The number of nitrogens with one attached hydrogen (secondary N) is 1. The van der Waals surface area contributed by atoms with Crippen molar-refractivity contribution in [3.8, 4) is 0 Å². The second kappa shape index (κ2) is 11.6. The van der Waals surface area contributed by atoms with Gasteiger partial charge in [-0.05, 0) is 48.9 Å². The van der Waals surface area contributed by atoms with Crippen LogP contribution in [0.2, 0.25) is 0 Å². The van der Waals surface area contributed by atoms with E-state index in [0.717, 1.165) is 11.3 Å². The van der Waals surface area contributed by atoms with E-state index in [2.05, 4.69) is 23.0 Å². The van der Waals surface area contributed by atoms with Gasteiger partial charge in [0, 0.05) is 10.4 Å². The van der Waals surface area contributed by atoms with Crippen molar-refractivity contribution in [3.05, 3.63) is 64.6 Å². The quantitative estimate of drug-likeness (QED) is 0.383. The average molecular weight is 462 g/mol. The van der Waals surface area contributed by atoms with Crippen LogP contribution < -0.4 is 4.72 Å². The van der Waals surface area contributed by atoms with Crippen LogP contribution in [0.5, 0.6) is 0 Å². The Morgan fingerprint density at radius 2 is 2.13 bits per heavy atom. The number of carbonyl (C=O) groups is 1. The second-order valence-corrected chi connectivity index (χ2v) is 9.32. The van der Waals surface area contributed by atoms with Gasteiger partial charge in [-0.25, -0.2) is 13.1 Å². The lowest BCUT2D eigenvalue weighted by Gasteiger charge is -2.23. The number of amides is 1. The third kappa shape index (κ3) is 6.88. The first-order valence-corrected chi connectivity index (χ1v) is 12.0. The molecular formula is C22H27N3O4S2. The molecule has 0 fully saturated rings. The molecule has 31 heavy (non-hydrogen) atoms. The number of thiophene rings is 1. The number of ether oxygens (including phenoxy) is 1.